The number of hydrogen-bond donors (Lipinski definition) is 0. The normalized spacial score (nSPS) is 15.0. The van der Waals surface area contributed by atoms with Gasteiger partial charge in [-0.2, -0.15) is 0 Å². The van der Waals surface area contributed by atoms with Crippen molar-refractivity contribution in [3.8, 4) is 0 Å². The van der Waals surface area contributed by atoms with Gasteiger partial charge >= 0.3 is 0 Å². The van der Waals surface area contributed by atoms with E-state index in [1.54, 1.807) is 36.3 Å². The molecule has 1 aliphatic heterocycles. The average Bonchev–Trinajstić information content (AvgIpc) is 3.04. The standard InChI is InChI=1S/C17H19FN2O3/c1-22-12-13-6-7-16(23-13)17(21)20-10-8-19(9-11-20)15-5-3-2-4-14(15)18/h2-7H,8-12H2,1H3. The third-order valence-electron chi connectivity index (χ3n) is 3.92. The number of ether oxygens (including phenoxy) is 1. The number of nitrogens with zero attached hydrogens (tertiary/aromatic N) is 2. The lowest BCUT2D eigenvalue weighted by Gasteiger charge is -2.35. The fraction of sp³-hybridized carbons (Fsp3) is 0.353. The molecule has 2 heterocycles. The van der Waals surface area contributed by atoms with Crippen molar-refractivity contribution in [2.75, 3.05) is 38.2 Å². The third kappa shape index (κ3) is 3.37. The fourth-order valence-corrected chi connectivity index (χ4v) is 2.73. The maximum absolute atomic E-state index is 13.8. The highest BCUT2D eigenvalue weighted by molar-refractivity contribution is 5.91. The van der Waals surface area contributed by atoms with E-state index in [4.69, 9.17) is 9.15 Å². The number of rotatable bonds is 4. The Bertz CT molecular complexity index is 678. The van der Waals surface area contributed by atoms with E-state index in [1.165, 1.54) is 6.07 Å². The lowest BCUT2D eigenvalue weighted by molar-refractivity contribution is 0.0707. The maximum Gasteiger partial charge on any atom is 0.289 e. The molecular formula is C17H19FN2O3. The average molecular weight is 318 g/mol. The summed E-state index contributed by atoms with van der Waals surface area (Å²) in [6.45, 7) is 2.60. The van der Waals surface area contributed by atoms with Crippen molar-refractivity contribution < 1.29 is 18.3 Å². The molecule has 0 atom stereocenters. The Morgan fingerprint density at radius 3 is 2.61 bits per heavy atom. The van der Waals surface area contributed by atoms with Gasteiger partial charge in [0.25, 0.3) is 5.91 Å². The Morgan fingerprint density at radius 2 is 1.91 bits per heavy atom. The molecule has 0 spiro atoms. The molecule has 3 rings (SSSR count). The summed E-state index contributed by atoms with van der Waals surface area (Å²) in [7, 11) is 1.58. The van der Waals surface area contributed by atoms with Gasteiger partial charge in [-0.3, -0.25) is 4.79 Å². The first-order valence-electron chi connectivity index (χ1n) is 7.55. The van der Waals surface area contributed by atoms with Gasteiger partial charge in [0.15, 0.2) is 5.76 Å². The molecule has 23 heavy (non-hydrogen) atoms. The lowest BCUT2D eigenvalue weighted by Crippen LogP contribution is -2.49. The summed E-state index contributed by atoms with van der Waals surface area (Å²) >= 11 is 0. The second-order valence-electron chi connectivity index (χ2n) is 5.43. The molecule has 1 aliphatic rings. The molecule has 0 bridgehead atoms. The molecule has 0 saturated carbocycles. The van der Waals surface area contributed by atoms with Crippen LogP contribution in [0.4, 0.5) is 10.1 Å². The quantitative estimate of drug-likeness (QED) is 0.869. The smallest absolute Gasteiger partial charge is 0.289 e. The topological polar surface area (TPSA) is 45.9 Å². The van der Waals surface area contributed by atoms with E-state index in [0.717, 1.165) is 0 Å². The van der Waals surface area contributed by atoms with Crippen LogP contribution in [-0.2, 0) is 11.3 Å². The van der Waals surface area contributed by atoms with E-state index >= 15 is 0 Å². The van der Waals surface area contributed by atoms with E-state index in [2.05, 4.69) is 0 Å². The van der Waals surface area contributed by atoms with Crippen LogP contribution in [0.15, 0.2) is 40.8 Å². The molecule has 0 aliphatic carbocycles. The van der Waals surface area contributed by atoms with Crippen LogP contribution in [0, 0.1) is 5.82 Å². The van der Waals surface area contributed by atoms with Gasteiger partial charge in [0.2, 0.25) is 0 Å². The lowest BCUT2D eigenvalue weighted by atomic mass is 10.2. The zero-order valence-corrected chi connectivity index (χ0v) is 13.0. The number of methoxy groups -OCH3 is 1. The Morgan fingerprint density at radius 1 is 1.17 bits per heavy atom. The third-order valence-corrected chi connectivity index (χ3v) is 3.92. The van der Waals surface area contributed by atoms with Crippen LogP contribution in [0.25, 0.3) is 0 Å². The Labute approximate surface area is 134 Å². The zero-order valence-electron chi connectivity index (χ0n) is 13.0. The molecule has 1 aromatic carbocycles. The summed E-state index contributed by atoms with van der Waals surface area (Å²) in [6, 6.07) is 10.1. The number of para-hydroxylation sites is 1. The van der Waals surface area contributed by atoms with E-state index < -0.39 is 0 Å². The van der Waals surface area contributed by atoms with Gasteiger partial charge in [0.1, 0.15) is 18.2 Å². The van der Waals surface area contributed by atoms with Crippen molar-refractivity contribution in [3.05, 3.63) is 53.7 Å². The molecule has 1 aromatic heterocycles. The van der Waals surface area contributed by atoms with Gasteiger partial charge in [-0.05, 0) is 24.3 Å². The predicted octanol–water partition coefficient (Wildman–Crippen LogP) is 2.53. The largest absolute Gasteiger partial charge is 0.453 e. The SMILES string of the molecule is COCc1ccc(C(=O)N2CCN(c3ccccc3F)CC2)o1. The highest BCUT2D eigenvalue weighted by Crippen LogP contribution is 2.21. The van der Waals surface area contributed by atoms with Crippen LogP contribution < -0.4 is 4.90 Å². The molecule has 1 saturated heterocycles. The van der Waals surface area contributed by atoms with Crippen LogP contribution >= 0.6 is 0 Å². The number of furan rings is 1. The number of halogens is 1. The summed E-state index contributed by atoms with van der Waals surface area (Å²) in [6.07, 6.45) is 0. The van der Waals surface area contributed by atoms with Crippen LogP contribution in [0.5, 0.6) is 0 Å². The summed E-state index contributed by atoms with van der Waals surface area (Å²) < 4.78 is 24.3. The summed E-state index contributed by atoms with van der Waals surface area (Å²) in [5, 5.41) is 0. The molecular weight excluding hydrogens is 299 g/mol. The Balaban J connectivity index is 1.62. The number of benzene rings is 1. The highest BCUT2D eigenvalue weighted by Gasteiger charge is 2.25. The van der Waals surface area contributed by atoms with Crippen LogP contribution in [-0.4, -0.2) is 44.1 Å². The van der Waals surface area contributed by atoms with Crippen molar-refractivity contribution in [2.45, 2.75) is 6.61 Å². The minimum atomic E-state index is -0.234. The van der Waals surface area contributed by atoms with Crippen molar-refractivity contribution in [1.82, 2.24) is 4.90 Å². The van der Waals surface area contributed by atoms with Gasteiger partial charge in [-0.1, -0.05) is 12.1 Å². The molecule has 1 fully saturated rings. The fourth-order valence-electron chi connectivity index (χ4n) is 2.73. The van der Waals surface area contributed by atoms with E-state index in [0.29, 0.717) is 50.0 Å². The summed E-state index contributed by atoms with van der Waals surface area (Å²) in [4.78, 5) is 16.1. The summed E-state index contributed by atoms with van der Waals surface area (Å²) in [5.74, 6) is 0.570. The predicted molar refractivity (Wildman–Crippen MR) is 83.9 cm³/mol. The summed E-state index contributed by atoms with van der Waals surface area (Å²) in [5.41, 5.74) is 0.583. The van der Waals surface area contributed by atoms with Crippen LogP contribution in [0.1, 0.15) is 16.3 Å². The molecule has 0 unspecified atom stereocenters. The Hall–Kier alpha value is -2.34. The Kier molecular flexibility index (Phi) is 4.62. The molecule has 0 N–H and O–H groups in total. The first kappa shape index (κ1) is 15.6. The number of anilines is 1. The first-order valence-corrected chi connectivity index (χ1v) is 7.55. The van der Waals surface area contributed by atoms with Gasteiger partial charge in [-0.15, -0.1) is 0 Å². The number of amides is 1. The van der Waals surface area contributed by atoms with Gasteiger partial charge in [0, 0.05) is 33.3 Å². The molecule has 6 heteroatoms. The second kappa shape index (κ2) is 6.83. The number of carbonyl (C=O) groups excluding carboxylic acids is 1. The van der Waals surface area contributed by atoms with E-state index in [9.17, 15) is 9.18 Å². The number of carbonyl (C=O) groups is 1. The first-order chi connectivity index (χ1) is 11.2. The van der Waals surface area contributed by atoms with Gasteiger partial charge in [0.05, 0.1) is 5.69 Å². The van der Waals surface area contributed by atoms with E-state index in [1.807, 2.05) is 11.0 Å². The number of piperazine rings is 1. The van der Waals surface area contributed by atoms with Gasteiger partial charge < -0.3 is 19.0 Å². The van der Waals surface area contributed by atoms with Crippen LogP contribution in [0.2, 0.25) is 0 Å². The number of hydrogen-bond acceptors (Lipinski definition) is 4. The van der Waals surface area contributed by atoms with Gasteiger partial charge in [-0.25, -0.2) is 4.39 Å². The van der Waals surface area contributed by atoms with E-state index in [-0.39, 0.29) is 11.7 Å². The second-order valence-corrected chi connectivity index (χ2v) is 5.43. The van der Waals surface area contributed by atoms with Crippen LogP contribution in [0.3, 0.4) is 0 Å². The minimum absolute atomic E-state index is 0.138. The molecule has 5 nitrogen and oxygen atoms in total. The zero-order chi connectivity index (χ0) is 16.2. The monoisotopic (exact) mass is 318 g/mol. The minimum Gasteiger partial charge on any atom is -0.453 e. The maximum atomic E-state index is 13.8. The van der Waals surface area contributed by atoms with Crippen molar-refractivity contribution in [2.24, 2.45) is 0 Å². The molecule has 0 radical (unpaired) electrons. The molecule has 122 valence electrons. The molecule has 1 amide bonds. The van der Waals surface area contributed by atoms with Crippen molar-refractivity contribution in [3.63, 3.8) is 0 Å². The van der Waals surface area contributed by atoms with Crippen molar-refractivity contribution in [1.29, 1.82) is 0 Å². The highest BCUT2D eigenvalue weighted by atomic mass is 19.1. The van der Waals surface area contributed by atoms with Crippen molar-refractivity contribution >= 4 is 11.6 Å². The molecule has 2 aromatic rings.